The lowest BCUT2D eigenvalue weighted by Crippen LogP contribution is -2.51. The van der Waals surface area contributed by atoms with Gasteiger partial charge in [-0.1, -0.05) is 60.7 Å². The molecule has 2 aromatic carbocycles. The molecule has 3 fully saturated rings. The van der Waals surface area contributed by atoms with Crippen LogP contribution < -0.4 is 0 Å². The van der Waals surface area contributed by atoms with Gasteiger partial charge < -0.3 is 19.3 Å². The van der Waals surface area contributed by atoms with Crippen LogP contribution in [0.15, 0.2) is 60.7 Å². The number of hydrogen-bond acceptors (Lipinski definition) is 4. The van der Waals surface area contributed by atoms with Crippen molar-refractivity contribution < 1.29 is 19.1 Å². The quantitative estimate of drug-likeness (QED) is 0.776. The molecule has 6 nitrogen and oxygen atoms in total. The topological polar surface area (TPSA) is 59.1 Å². The Morgan fingerprint density at radius 2 is 1.67 bits per heavy atom. The van der Waals surface area contributed by atoms with E-state index < -0.39 is 5.60 Å². The van der Waals surface area contributed by atoms with Crippen LogP contribution in [0.5, 0.6) is 0 Å². The third-order valence-electron chi connectivity index (χ3n) is 6.54. The average Bonchev–Trinajstić information content (AvgIpc) is 3.32. The highest BCUT2D eigenvalue weighted by Gasteiger charge is 2.58. The summed E-state index contributed by atoms with van der Waals surface area (Å²) in [5.41, 5.74) is 1.33. The van der Waals surface area contributed by atoms with Gasteiger partial charge in [0.15, 0.2) is 5.60 Å². The smallest absolute Gasteiger partial charge is 0.410 e. The summed E-state index contributed by atoms with van der Waals surface area (Å²) in [6.45, 7) is 1.19. The monoisotopic (exact) mass is 406 g/mol. The van der Waals surface area contributed by atoms with E-state index in [1.807, 2.05) is 53.4 Å². The fourth-order valence-corrected chi connectivity index (χ4v) is 4.91. The van der Waals surface area contributed by atoms with Gasteiger partial charge in [-0.3, -0.25) is 4.79 Å². The number of likely N-dealkylation sites (tertiary alicyclic amines) is 1. The van der Waals surface area contributed by atoms with Crippen molar-refractivity contribution in [3.8, 4) is 0 Å². The second-order valence-electron chi connectivity index (χ2n) is 8.31. The number of piperidine rings is 1. The zero-order valence-electron chi connectivity index (χ0n) is 16.9. The van der Waals surface area contributed by atoms with Gasteiger partial charge in [-0.05, 0) is 24.0 Å². The number of hydrogen-bond donors (Lipinski definition) is 0. The Hall–Kier alpha value is -2.86. The second kappa shape index (κ2) is 7.76. The van der Waals surface area contributed by atoms with E-state index in [4.69, 9.17) is 9.47 Å². The van der Waals surface area contributed by atoms with Crippen LogP contribution in [0.4, 0.5) is 4.79 Å². The summed E-state index contributed by atoms with van der Waals surface area (Å²) in [4.78, 5) is 29.5. The Morgan fingerprint density at radius 1 is 1.00 bits per heavy atom. The summed E-state index contributed by atoms with van der Waals surface area (Å²) >= 11 is 0. The van der Waals surface area contributed by atoms with Gasteiger partial charge in [0, 0.05) is 25.9 Å². The minimum atomic E-state index is -0.797. The standard InChI is InChI=1S/C24H26N2O4/c27-22-24(30-21-12-11-20(26(21)22)19-9-5-2-6-10-19)13-15-25(16-14-24)23(28)29-17-18-7-3-1-4-8-18/h1-10,20-21H,11-17H2. The maximum Gasteiger partial charge on any atom is 0.410 e. The number of fused-ring (bicyclic) bond motifs is 1. The van der Waals surface area contributed by atoms with Gasteiger partial charge in [-0.2, -0.15) is 0 Å². The molecule has 1 spiro atoms. The zero-order chi connectivity index (χ0) is 20.6. The molecule has 0 bridgehead atoms. The number of benzene rings is 2. The third kappa shape index (κ3) is 3.35. The fourth-order valence-electron chi connectivity index (χ4n) is 4.91. The third-order valence-corrected chi connectivity index (χ3v) is 6.54. The van der Waals surface area contributed by atoms with Crippen LogP contribution in [0, 0.1) is 0 Å². The molecule has 2 atom stereocenters. The van der Waals surface area contributed by atoms with E-state index in [2.05, 4.69) is 12.1 Å². The maximum absolute atomic E-state index is 13.4. The molecule has 2 amide bonds. The van der Waals surface area contributed by atoms with Crippen LogP contribution in [0.25, 0.3) is 0 Å². The fraction of sp³-hybridized carbons (Fsp3) is 0.417. The van der Waals surface area contributed by atoms with Crippen molar-refractivity contribution in [1.29, 1.82) is 0 Å². The first-order valence-electron chi connectivity index (χ1n) is 10.7. The molecule has 30 heavy (non-hydrogen) atoms. The lowest BCUT2D eigenvalue weighted by atomic mass is 9.90. The van der Waals surface area contributed by atoms with E-state index in [0.29, 0.717) is 25.9 Å². The Bertz CT molecular complexity index is 909. The molecule has 2 aromatic rings. The summed E-state index contributed by atoms with van der Waals surface area (Å²) in [7, 11) is 0. The van der Waals surface area contributed by atoms with E-state index in [1.54, 1.807) is 4.90 Å². The van der Waals surface area contributed by atoms with Gasteiger partial charge in [0.05, 0.1) is 6.04 Å². The molecule has 2 unspecified atom stereocenters. The first kappa shape index (κ1) is 19.1. The molecule has 3 aliphatic heterocycles. The van der Waals surface area contributed by atoms with Crippen molar-refractivity contribution in [1.82, 2.24) is 9.80 Å². The van der Waals surface area contributed by atoms with Gasteiger partial charge >= 0.3 is 6.09 Å². The molecule has 0 radical (unpaired) electrons. The van der Waals surface area contributed by atoms with Crippen molar-refractivity contribution in [2.24, 2.45) is 0 Å². The van der Waals surface area contributed by atoms with E-state index in [9.17, 15) is 9.59 Å². The minimum absolute atomic E-state index is 0.0798. The molecule has 3 saturated heterocycles. The number of nitrogens with zero attached hydrogens (tertiary/aromatic N) is 2. The van der Waals surface area contributed by atoms with Crippen LogP contribution in [-0.4, -0.2) is 46.7 Å². The maximum atomic E-state index is 13.4. The molecule has 0 N–H and O–H groups in total. The van der Waals surface area contributed by atoms with Gasteiger partial charge in [-0.25, -0.2) is 4.79 Å². The van der Waals surface area contributed by atoms with Crippen molar-refractivity contribution >= 4 is 12.0 Å². The summed E-state index contributed by atoms with van der Waals surface area (Å²) in [5, 5.41) is 0. The summed E-state index contributed by atoms with van der Waals surface area (Å²) < 4.78 is 11.8. The Morgan fingerprint density at radius 3 is 2.37 bits per heavy atom. The highest BCUT2D eigenvalue weighted by Crippen LogP contribution is 2.47. The van der Waals surface area contributed by atoms with E-state index in [1.165, 1.54) is 0 Å². The van der Waals surface area contributed by atoms with Crippen LogP contribution >= 0.6 is 0 Å². The van der Waals surface area contributed by atoms with Gasteiger partial charge in [0.1, 0.15) is 12.8 Å². The van der Waals surface area contributed by atoms with Gasteiger partial charge in [-0.15, -0.1) is 0 Å². The molecule has 0 saturated carbocycles. The Balaban J connectivity index is 1.21. The Kier molecular flexibility index (Phi) is 4.95. The largest absolute Gasteiger partial charge is 0.445 e. The number of ether oxygens (including phenoxy) is 2. The van der Waals surface area contributed by atoms with Crippen molar-refractivity contribution in [2.75, 3.05) is 13.1 Å². The predicted octanol–water partition coefficient (Wildman–Crippen LogP) is 3.88. The number of carbonyl (C=O) groups excluding carboxylic acids is 2. The van der Waals surface area contributed by atoms with Crippen LogP contribution in [0.1, 0.15) is 42.9 Å². The summed E-state index contributed by atoms with van der Waals surface area (Å²) in [6.07, 6.45) is 2.33. The van der Waals surface area contributed by atoms with Crippen molar-refractivity contribution in [3.05, 3.63) is 71.8 Å². The molecule has 0 aliphatic carbocycles. The molecule has 5 rings (SSSR count). The van der Waals surface area contributed by atoms with Gasteiger partial charge in [0.25, 0.3) is 5.91 Å². The number of amides is 2. The molecular formula is C24H26N2O4. The van der Waals surface area contributed by atoms with E-state index in [-0.39, 0.29) is 30.9 Å². The van der Waals surface area contributed by atoms with Crippen LogP contribution in [0.3, 0.4) is 0 Å². The average molecular weight is 406 g/mol. The molecule has 156 valence electrons. The van der Waals surface area contributed by atoms with E-state index >= 15 is 0 Å². The number of carbonyl (C=O) groups is 2. The molecule has 3 heterocycles. The highest BCUT2D eigenvalue weighted by atomic mass is 16.6. The zero-order valence-corrected chi connectivity index (χ0v) is 16.9. The lowest BCUT2D eigenvalue weighted by Gasteiger charge is -2.37. The summed E-state index contributed by atoms with van der Waals surface area (Å²) in [6, 6.07) is 19.9. The van der Waals surface area contributed by atoms with Crippen LogP contribution in [0.2, 0.25) is 0 Å². The SMILES string of the molecule is O=C(OCc1ccccc1)N1CCC2(CC1)OC1CCC(c3ccccc3)N1C2=O. The number of rotatable bonds is 3. The van der Waals surface area contributed by atoms with Gasteiger partial charge in [0.2, 0.25) is 0 Å². The molecule has 6 heteroatoms. The normalized spacial score (nSPS) is 24.9. The highest BCUT2D eigenvalue weighted by molar-refractivity contribution is 5.88. The Labute approximate surface area is 176 Å². The van der Waals surface area contributed by atoms with Crippen molar-refractivity contribution in [2.45, 2.75) is 50.2 Å². The molecular weight excluding hydrogens is 380 g/mol. The second-order valence-corrected chi connectivity index (χ2v) is 8.31. The van der Waals surface area contributed by atoms with E-state index in [0.717, 1.165) is 24.0 Å². The predicted molar refractivity (Wildman–Crippen MR) is 110 cm³/mol. The minimum Gasteiger partial charge on any atom is -0.445 e. The lowest BCUT2D eigenvalue weighted by molar-refractivity contribution is -0.142. The van der Waals surface area contributed by atoms with Crippen LogP contribution in [-0.2, 0) is 20.9 Å². The first-order chi connectivity index (χ1) is 14.7. The first-order valence-corrected chi connectivity index (χ1v) is 10.7. The summed E-state index contributed by atoms with van der Waals surface area (Å²) in [5.74, 6) is 0.0798. The molecule has 0 aromatic heterocycles. The molecule has 3 aliphatic rings. The van der Waals surface area contributed by atoms with Crippen molar-refractivity contribution in [3.63, 3.8) is 0 Å².